The van der Waals surface area contributed by atoms with Gasteiger partial charge in [0, 0.05) is 15.2 Å². The molecule has 0 N–H and O–H groups in total. The van der Waals surface area contributed by atoms with Crippen molar-refractivity contribution in [1.82, 2.24) is 0 Å². The molecule has 0 aliphatic heterocycles. The first-order chi connectivity index (χ1) is 9.61. The molecular weight excluding hydrogens is 272 g/mol. The first kappa shape index (κ1) is 20.4. The minimum atomic E-state index is -0.999. The van der Waals surface area contributed by atoms with Crippen LogP contribution in [-0.4, -0.2) is 15.2 Å². The number of rotatable bonds is 13. The molecule has 0 radical (unpaired) electrons. The van der Waals surface area contributed by atoms with Crippen LogP contribution in [0.1, 0.15) is 80.1 Å². The molecule has 0 aromatic heterocycles. The molecule has 2 heteroatoms. The van der Waals surface area contributed by atoms with Crippen molar-refractivity contribution in [1.29, 1.82) is 0 Å². The van der Waals surface area contributed by atoms with Crippen molar-refractivity contribution in [2.75, 3.05) is 0 Å². The highest BCUT2D eigenvalue weighted by molar-refractivity contribution is 7.42. The van der Waals surface area contributed by atoms with Crippen LogP contribution >= 0.6 is 0 Å². The molecule has 0 unspecified atom stereocenters. The molecule has 0 spiro atoms. The molecule has 0 amide bonds. The molecule has 0 aliphatic carbocycles. The van der Waals surface area contributed by atoms with Crippen molar-refractivity contribution >= 4 is 15.2 Å². The van der Waals surface area contributed by atoms with E-state index in [2.05, 4.69) is 41.5 Å². The van der Waals surface area contributed by atoms with Gasteiger partial charge in [0.15, 0.2) is 0 Å². The molecule has 0 bridgehead atoms. The third kappa shape index (κ3) is 5.01. The summed E-state index contributed by atoms with van der Waals surface area (Å²) in [5.41, 5.74) is 0. The van der Waals surface area contributed by atoms with E-state index in [9.17, 15) is 0 Å². The lowest BCUT2D eigenvalue weighted by Gasteiger charge is -2.49. The highest BCUT2D eigenvalue weighted by Gasteiger charge is 2.50. The molecule has 0 atom stereocenters. The Bertz CT molecular complexity index is 167. The molecule has 0 aromatic carbocycles. The Morgan fingerprint density at radius 2 is 0.500 bits per heavy atom. The second-order valence-electron chi connectivity index (χ2n) is 7.06. The van der Waals surface area contributed by atoms with E-state index in [0.29, 0.717) is 0 Å². The highest BCUT2D eigenvalue weighted by atomic mass is 29.3. The fourth-order valence-electron chi connectivity index (χ4n) is 5.21. The van der Waals surface area contributed by atoms with Crippen molar-refractivity contribution < 1.29 is 0 Å². The van der Waals surface area contributed by atoms with Gasteiger partial charge in [-0.2, -0.15) is 0 Å². The van der Waals surface area contributed by atoms with E-state index in [-0.39, 0.29) is 0 Å². The van der Waals surface area contributed by atoms with Crippen molar-refractivity contribution in [2.45, 2.75) is 116 Å². The van der Waals surface area contributed by atoms with Crippen LogP contribution in [0.5, 0.6) is 0 Å². The maximum atomic E-state index is 2.45. The Balaban J connectivity index is 5.62. The van der Waals surface area contributed by atoms with Gasteiger partial charge < -0.3 is 0 Å². The highest BCUT2D eigenvalue weighted by Crippen LogP contribution is 2.43. The predicted molar refractivity (Wildman–Crippen MR) is 102 cm³/mol. The molecule has 0 fully saturated rings. The van der Waals surface area contributed by atoms with Crippen molar-refractivity contribution in [3.05, 3.63) is 0 Å². The fourth-order valence-corrected chi connectivity index (χ4v) is 29.7. The Kier molecular flexibility index (Phi) is 11.3. The lowest BCUT2D eigenvalue weighted by molar-refractivity contribution is 0.898. The van der Waals surface area contributed by atoms with Crippen LogP contribution in [0.15, 0.2) is 0 Å². The first-order valence-electron chi connectivity index (χ1n) is 9.61. The minimum absolute atomic E-state index is 0.999. The van der Waals surface area contributed by atoms with Crippen LogP contribution < -0.4 is 0 Å². The normalized spacial score (nSPS) is 12.9. The smallest absolute Gasteiger partial charge is 0.0478 e. The zero-order valence-electron chi connectivity index (χ0n) is 15.5. The zero-order chi connectivity index (χ0) is 15.5. The summed E-state index contributed by atoms with van der Waals surface area (Å²) in [5, 5.41) is 0. The first-order valence-corrected chi connectivity index (χ1v) is 15.9. The number of hydrogen-bond acceptors (Lipinski definition) is 0. The largest absolute Gasteiger partial charge is 0.0657 e. The summed E-state index contributed by atoms with van der Waals surface area (Å²) >= 11 is 0. The molecule has 0 saturated heterocycles. The van der Waals surface area contributed by atoms with Gasteiger partial charge in [0.2, 0.25) is 0 Å². The van der Waals surface area contributed by atoms with E-state index in [1.165, 1.54) is 38.5 Å². The summed E-state index contributed by atoms with van der Waals surface area (Å²) in [6.07, 6.45) is 8.74. The van der Waals surface area contributed by atoms with Gasteiger partial charge in [0.1, 0.15) is 0 Å². The van der Waals surface area contributed by atoms with Gasteiger partial charge in [-0.15, -0.1) is 0 Å². The van der Waals surface area contributed by atoms with Gasteiger partial charge in [-0.05, 0) is 0 Å². The molecule has 20 heavy (non-hydrogen) atoms. The van der Waals surface area contributed by atoms with Crippen molar-refractivity contribution in [3.8, 4) is 0 Å². The van der Waals surface area contributed by atoms with Crippen molar-refractivity contribution in [3.63, 3.8) is 0 Å². The summed E-state index contributed by atoms with van der Waals surface area (Å²) in [6.45, 7) is 14.7. The molecule has 0 aromatic rings. The second-order valence-corrected chi connectivity index (χ2v) is 21.5. The lowest BCUT2D eigenvalue weighted by atomic mass is 10.5. The van der Waals surface area contributed by atoms with Crippen molar-refractivity contribution in [2.24, 2.45) is 0 Å². The average molecular weight is 315 g/mol. The van der Waals surface area contributed by atoms with Crippen LogP contribution in [0.25, 0.3) is 0 Å². The third-order valence-electron chi connectivity index (χ3n) is 5.50. The van der Waals surface area contributed by atoms with E-state index in [1.54, 1.807) is 36.3 Å². The molecule has 0 rings (SSSR count). The summed E-state index contributed by atoms with van der Waals surface area (Å²) < 4.78 is 0. The van der Waals surface area contributed by atoms with Gasteiger partial charge in [0.05, 0.1) is 0 Å². The Morgan fingerprint density at radius 1 is 0.350 bits per heavy atom. The number of hydrogen-bond donors (Lipinski definition) is 0. The summed E-state index contributed by atoms with van der Waals surface area (Å²) in [5.74, 6) is 0. The van der Waals surface area contributed by atoms with Crippen LogP contribution in [0.2, 0.25) is 36.3 Å². The summed E-state index contributed by atoms with van der Waals surface area (Å²) in [4.78, 5) is 0. The quantitative estimate of drug-likeness (QED) is 0.310. The zero-order valence-corrected chi connectivity index (χ0v) is 17.5. The molecular formula is C18H42Si2. The Labute approximate surface area is 131 Å². The van der Waals surface area contributed by atoms with E-state index in [1.807, 2.05) is 0 Å². The lowest BCUT2D eigenvalue weighted by Crippen LogP contribution is -2.62. The second kappa shape index (κ2) is 11.1. The van der Waals surface area contributed by atoms with Crippen LogP contribution in [0.3, 0.4) is 0 Å². The predicted octanol–water partition coefficient (Wildman–Crippen LogP) is 7.42. The molecule has 0 saturated carbocycles. The standard InChI is InChI=1S/C18H42Si2/c1-7-13-19(14-8-2,15-9-3)20(16-10-4,17-11-5)18-12-6/h7-18H2,1-6H3. The maximum absolute atomic E-state index is 2.45. The van der Waals surface area contributed by atoms with Gasteiger partial charge in [-0.3, -0.25) is 0 Å². The topological polar surface area (TPSA) is 0 Å². The van der Waals surface area contributed by atoms with Gasteiger partial charge >= 0.3 is 0 Å². The van der Waals surface area contributed by atoms with E-state index >= 15 is 0 Å². The maximum Gasteiger partial charge on any atom is 0.0478 e. The average Bonchev–Trinajstić information content (AvgIpc) is 2.40. The SMILES string of the molecule is CCC[Si](CCC)(CCC)[Si](CCC)(CCC)CCC. The molecule has 122 valence electrons. The van der Waals surface area contributed by atoms with Gasteiger partial charge in [-0.25, -0.2) is 0 Å². The van der Waals surface area contributed by atoms with Crippen LogP contribution in [0, 0.1) is 0 Å². The van der Waals surface area contributed by atoms with E-state index in [0.717, 1.165) is 0 Å². The Hall–Kier alpha value is 0.434. The molecule has 0 aliphatic rings. The monoisotopic (exact) mass is 314 g/mol. The van der Waals surface area contributed by atoms with Gasteiger partial charge in [-0.1, -0.05) is 116 Å². The van der Waals surface area contributed by atoms with Gasteiger partial charge in [0.25, 0.3) is 0 Å². The van der Waals surface area contributed by atoms with E-state index in [4.69, 9.17) is 0 Å². The fraction of sp³-hybridized carbons (Fsp3) is 1.00. The van der Waals surface area contributed by atoms with Crippen LogP contribution in [-0.2, 0) is 0 Å². The molecule has 0 nitrogen and oxygen atoms in total. The van der Waals surface area contributed by atoms with E-state index < -0.39 is 15.2 Å². The summed E-state index contributed by atoms with van der Waals surface area (Å²) in [7, 11) is -2.00. The third-order valence-corrected chi connectivity index (χ3v) is 27.7. The van der Waals surface area contributed by atoms with Crippen LogP contribution in [0.4, 0.5) is 0 Å². The minimum Gasteiger partial charge on any atom is -0.0657 e. The summed E-state index contributed by atoms with van der Waals surface area (Å²) in [6, 6.07) is 9.92. The Morgan fingerprint density at radius 3 is 0.600 bits per heavy atom. The molecule has 0 heterocycles.